The van der Waals surface area contributed by atoms with Crippen LogP contribution in [0.4, 0.5) is 11.4 Å². The van der Waals surface area contributed by atoms with Crippen molar-refractivity contribution in [2.75, 3.05) is 11.5 Å². The molecule has 0 spiro atoms. The maximum atomic E-state index is 11.0. The summed E-state index contributed by atoms with van der Waals surface area (Å²) in [6, 6.07) is 17.7. The van der Waals surface area contributed by atoms with Crippen molar-refractivity contribution in [3.63, 3.8) is 0 Å². The van der Waals surface area contributed by atoms with E-state index >= 15 is 0 Å². The number of anilines is 2. The molecule has 0 radical (unpaired) electrons. The lowest BCUT2D eigenvalue weighted by molar-refractivity contribution is 0.112. The number of carbonyl (C=O) groups is 1. The summed E-state index contributed by atoms with van der Waals surface area (Å²) in [6.45, 7) is 0. The van der Waals surface area contributed by atoms with Crippen molar-refractivity contribution in [1.82, 2.24) is 0 Å². The number of hydrogen-bond donors (Lipinski definition) is 2. The van der Waals surface area contributed by atoms with E-state index in [0.717, 1.165) is 28.2 Å². The Hall–Kier alpha value is -2.85. The summed E-state index contributed by atoms with van der Waals surface area (Å²) >= 11 is 1.72. The molecule has 0 atom stereocenters. The first-order chi connectivity index (χ1) is 11.2. The van der Waals surface area contributed by atoms with E-state index in [1.54, 1.807) is 11.3 Å². The lowest BCUT2D eigenvalue weighted by atomic mass is 10.0. The Morgan fingerprint density at radius 2 is 1.74 bits per heavy atom. The van der Waals surface area contributed by atoms with E-state index in [-0.39, 0.29) is 0 Å². The summed E-state index contributed by atoms with van der Waals surface area (Å²) < 4.78 is 2.36. The average Bonchev–Trinajstić information content (AvgIpc) is 2.95. The van der Waals surface area contributed by atoms with Gasteiger partial charge in [0.05, 0.1) is 11.4 Å². The number of thiophene rings is 1. The molecule has 0 fully saturated rings. The molecule has 4 rings (SSSR count). The molecule has 0 amide bonds. The van der Waals surface area contributed by atoms with Gasteiger partial charge in [-0.05, 0) is 35.4 Å². The van der Waals surface area contributed by atoms with Crippen molar-refractivity contribution in [2.24, 2.45) is 0 Å². The quantitative estimate of drug-likeness (QED) is 0.416. The van der Waals surface area contributed by atoms with E-state index in [4.69, 9.17) is 11.5 Å². The number of rotatable bonds is 2. The van der Waals surface area contributed by atoms with Crippen molar-refractivity contribution in [3.05, 3.63) is 60.2 Å². The second kappa shape index (κ2) is 5.11. The van der Waals surface area contributed by atoms with Gasteiger partial charge in [0, 0.05) is 25.7 Å². The molecule has 0 saturated heterocycles. The molecular formula is C19H14N2OS. The standard InChI is InChI=1S/C19H14N2OS/c20-16-6-5-12(9-17(16)21)13-2-1-3-14-15-8-11(10-22)4-7-18(15)23-19(13)14/h1-10H,20-21H2. The van der Waals surface area contributed by atoms with Crippen molar-refractivity contribution in [2.45, 2.75) is 0 Å². The van der Waals surface area contributed by atoms with Crippen LogP contribution in [0.1, 0.15) is 10.4 Å². The fraction of sp³-hybridized carbons (Fsp3) is 0. The van der Waals surface area contributed by atoms with E-state index < -0.39 is 0 Å². The number of carbonyl (C=O) groups excluding carboxylic acids is 1. The number of benzene rings is 3. The fourth-order valence-electron chi connectivity index (χ4n) is 2.86. The molecule has 23 heavy (non-hydrogen) atoms. The molecule has 112 valence electrons. The van der Waals surface area contributed by atoms with Crippen molar-refractivity contribution < 1.29 is 4.79 Å². The highest BCUT2D eigenvalue weighted by Crippen LogP contribution is 2.40. The summed E-state index contributed by atoms with van der Waals surface area (Å²) in [7, 11) is 0. The fourth-order valence-corrected chi connectivity index (χ4v) is 4.08. The summed E-state index contributed by atoms with van der Waals surface area (Å²) in [5.41, 5.74) is 15.8. The number of aldehydes is 1. The van der Waals surface area contributed by atoms with Gasteiger partial charge in [0.2, 0.25) is 0 Å². The highest BCUT2D eigenvalue weighted by molar-refractivity contribution is 7.26. The van der Waals surface area contributed by atoms with Crippen LogP contribution in [0.5, 0.6) is 0 Å². The van der Waals surface area contributed by atoms with Gasteiger partial charge in [0.1, 0.15) is 6.29 Å². The van der Waals surface area contributed by atoms with Crippen LogP contribution in [0.3, 0.4) is 0 Å². The van der Waals surface area contributed by atoms with Gasteiger partial charge < -0.3 is 11.5 Å². The number of hydrogen-bond acceptors (Lipinski definition) is 4. The third-order valence-electron chi connectivity index (χ3n) is 4.05. The normalized spacial score (nSPS) is 11.1. The minimum absolute atomic E-state index is 0.587. The summed E-state index contributed by atoms with van der Waals surface area (Å²) in [5, 5.41) is 2.27. The van der Waals surface area contributed by atoms with E-state index in [9.17, 15) is 4.79 Å². The third kappa shape index (κ3) is 2.15. The molecule has 0 aliphatic heterocycles. The first kappa shape index (κ1) is 13.8. The maximum Gasteiger partial charge on any atom is 0.150 e. The Labute approximate surface area is 137 Å². The molecule has 4 heteroatoms. The monoisotopic (exact) mass is 318 g/mol. The Morgan fingerprint density at radius 1 is 0.870 bits per heavy atom. The SMILES string of the molecule is Nc1ccc(-c2cccc3c2sc2ccc(C=O)cc23)cc1N. The number of nitrogens with two attached hydrogens (primary N) is 2. The van der Waals surface area contributed by atoms with Gasteiger partial charge in [0.15, 0.2) is 0 Å². The van der Waals surface area contributed by atoms with Crippen molar-refractivity contribution in [1.29, 1.82) is 0 Å². The molecular weight excluding hydrogens is 304 g/mol. The molecule has 1 aromatic heterocycles. The average molecular weight is 318 g/mol. The highest BCUT2D eigenvalue weighted by atomic mass is 32.1. The van der Waals surface area contributed by atoms with Gasteiger partial charge in [-0.3, -0.25) is 4.79 Å². The van der Waals surface area contributed by atoms with E-state index in [1.807, 2.05) is 42.5 Å². The van der Waals surface area contributed by atoms with E-state index in [1.165, 1.54) is 9.40 Å². The molecule has 3 aromatic carbocycles. The highest BCUT2D eigenvalue weighted by Gasteiger charge is 2.11. The zero-order valence-electron chi connectivity index (χ0n) is 12.2. The molecule has 4 aromatic rings. The van der Waals surface area contributed by atoms with Crippen LogP contribution in [0.15, 0.2) is 54.6 Å². The Morgan fingerprint density at radius 3 is 2.52 bits per heavy atom. The Kier molecular flexibility index (Phi) is 3.06. The predicted molar refractivity (Wildman–Crippen MR) is 99.0 cm³/mol. The van der Waals surface area contributed by atoms with Crippen LogP contribution >= 0.6 is 11.3 Å². The van der Waals surface area contributed by atoms with Gasteiger partial charge in [-0.2, -0.15) is 0 Å². The van der Waals surface area contributed by atoms with E-state index in [2.05, 4.69) is 12.1 Å². The zero-order chi connectivity index (χ0) is 16.0. The minimum Gasteiger partial charge on any atom is -0.397 e. The smallest absolute Gasteiger partial charge is 0.150 e. The van der Waals surface area contributed by atoms with Crippen molar-refractivity contribution in [3.8, 4) is 11.1 Å². The minimum atomic E-state index is 0.587. The van der Waals surface area contributed by atoms with Crippen LogP contribution in [0.25, 0.3) is 31.3 Å². The van der Waals surface area contributed by atoms with Crippen LogP contribution in [0, 0.1) is 0 Å². The lowest BCUT2D eigenvalue weighted by Gasteiger charge is -2.06. The maximum absolute atomic E-state index is 11.0. The molecule has 0 aliphatic rings. The first-order valence-electron chi connectivity index (χ1n) is 7.23. The van der Waals surface area contributed by atoms with Crippen LogP contribution < -0.4 is 11.5 Å². The summed E-state index contributed by atoms with van der Waals surface area (Å²) in [5.74, 6) is 0. The van der Waals surface area contributed by atoms with Gasteiger partial charge in [-0.25, -0.2) is 0 Å². The largest absolute Gasteiger partial charge is 0.397 e. The molecule has 0 saturated carbocycles. The predicted octanol–water partition coefficient (Wildman–Crippen LogP) is 4.70. The summed E-state index contributed by atoms with van der Waals surface area (Å²) in [4.78, 5) is 11.0. The van der Waals surface area contributed by atoms with Crippen LogP contribution in [0.2, 0.25) is 0 Å². The molecule has 0 aliphatic carbocycles. The summed E-state index contributed by atoms with van der Waals surface area (Å²) in [6.07, 6.45) is 0.882. The van der Waals surface area contributed by atoms with Crippen LogP contribution in [-0.4, -0.2) is 6.29 Å². The first-order valence-corrected chi connectivity index (χ1v) is 8.05. The second-order valence-corrected chi connectivity index (χ2v) is 6.55. The third-order valence-corrected chi connectivity index (χ3v) is 5.27. The Balaban J connectivity index is 2.04. The van der Waals surface area contributed by atoms with Gasteiger partial charge in [-0.1, -0.05) is 30.3 Å². The second-order valence-electron chi connectivity index (χ2n) is 5.50. The number of fused-ring (bicyclic) bond motifs is 3. The van der Waals surface area contributed by atoms with Crippen LogP contribution in [-0.2, 0) is 0 Å². The van der Waals surface area contributed by atoms with Gasteiger partial charge in [0.25, 0.3) is 0 Å². The lowest BCUT2D eigenvalue weighted by Crippen LogP contribution is -1.94. The topological polar surface area (TPSA) is 69.1 Å². The molecule has 1 heterocycles. The zero-order valence-corrected chi connectivity index (χ0v) is 13.1. The molecule has 0 bridgehead atoms. The molecule has 3 nitrogen and oxygen atoms in total. The van der Waals surface area contributed by atoms with E-state index in [0.29, 0.717) is 16.9 Å². The van der Waals surface area contributed by atoms with Crippen molar-refractivity contribution >= 4 is 49.2 Å². The van der Waals surface area contributed by atoms with Gasteiger partial charge >= 0.3 is 0 Å². The molecule has 0 unspecified atom stereocenters. The Bertz CT molecular complexity index is 1070. The molecule has 4 N–H and O–H groups in total. The number of nitrogen functional groups attached to an aromatic ring is 2. The van der Waals surface area contributed by atoms with Gasteiger partial charge in [-0.15, -0.1) is 11.3 Å².